The van der Waals surface area contributed by atoms with Gasteiger partial charge in [-0.05, 0) is 39.0 Å². The molecular weight excluding hydrogens is 288 g/mol. The number of carbonyl (C=O) groups excluding carboxylic acids is 1. The Balaban J connectivity index is 2.24. The summed E-state index contributed by atoms with van der Waals surface area (Å²) in [5.74, 6) is -1.74. The molecule has 22 heavy (non-hydrogen) atoms. The maximum absolute atomic E-state index is 13.6. The number of hydrogen-bond acceptors (Lipinski definition) is 3. The van der Waals surface area contributed by atoms with Crippen LogP contribution in [0.3, 0.4) is 0 Å². The maximum atomic E-state index is 13.6. The lowest BCUT2D eigenvalue weighted by molar-refractivity contribution is 0.0919. The summed E-state index contributed by atoms with van der Waals surface area (Å²) in [5.41, 5.74) is -0.0436. The van der Waals surface area contributed by atoms with Crippen LogP contribution in [0.2, 0.25) is 0 Å². The highest BCUT2D eigenvalue weighted by Gasteiger charge is 2.16. The lowest BCUT2D eigenvalue weighted by Gasteiger charge is -2.20. The van der Waals surface area contributed by atoms with E-state index >= 15 is 0 Å². The number of para-hydroxylation sites is 1. The Morgan fingerprint density at radius 1 is 1.14 bits per heavy atom. The number of hydrogen-bond donors (Lipinski definition) is 2. The first kappa shape index (κ1) is 15.9. The second kappa shape index (κ2) is 6.09. The minimum atomic E-state index is -0.718. The highest BCUT2D eigenvalue weighted by Crippen LogP contribution is 2.23. The van der Waals surface area contributed by atoms with E-state index < -0.39 is 17.2 Å². The van der Waals surface area contributed by atoms with Gasteiger partial charge in [-0.1, -0.05) is 6.07 Å². The summed E-state index contributed by atoms with van der Waals surface area (Å²) in [6.07, 6.45) is 2.78. The van der Waals surface area contributed by atoms with Crippen LogP contribution < -0.4 is 10.6 Å². The van der Waals surface area contributed by atoms with Gasteiger partial charge in [-0.25, -0.2) is 8.78 Å². The number of pyridine rings is 1. The molecule has 116 valence electrons. The molecule has 0 saturated carbocycles. The Morgan fingerprint density at radius 3 is 2.36 bits per heavy atom. The van der Waals surface area contributed by atoms with Crippen molar-refractivity contribution in [3.05, 3.63) is 53.9 Å². The van der Waals surface area contributed by atoms with E-state index in [1.807, 2.05) is 20.8 Å². The van der Waals surface area contributed by atoms with Crippen LogP contribution in [0.4, 0.5) is 20.2 Å². The van der Waals surface area contributed by atoms with Crippen molar-refractivity contribution in [3.63, 3.8) is 0 Å². The zero-order valence-electron chi connectivity index (χ0n) is 12.6. The molecule has 1 amide bonds. The Hall–Kier alpha value is -2.50. The van der Waals surface area contributed by atoms with E-state index in [4.69, 9.17) is 0 Å². The number of amides is 1. The topological polar surface area (TPSA) is 54.0 Å². The summed E-state index contributed by atoms with van der Waals surface area (Å²) >= 11 is 0. The van der Waals surface area contributed by atoms with Crippen LogP contribution in [0.25, 0.3) is 0 Å². The second-order valence-corrected chi connectivity index (χ2v) is 5.89. The van der Waals surface area contributed by atoms with Crippen molar-refractivity contribution in [3.8, 4) is 0 Å². The molecule has 0 bridgehead atoms. The monoisotopic (exact) mass is 305 g/mol. The number of rotatable bonds is 3. The number of nitrogens with zero attached hydrogens (tertiary/aromatic N) is 1. The summed E-state index contributed by atoms with van der Waals surface area (Å²) in [5, 5.41) is 5.40. The van der Waals surface area contributed by atoms with E-state index in [1.54, 1.807) is 0 Å². The van der Waals surface area contributed by atoms with E-state index in [0.717, 1.165) is 12.1 Å². The zero-order valence-corrected chi connectivity index (χ0v) is 12.6. The van der Waals surface area contributed by atoms with Crippen LogP contribution in [0.15, 0.2) is 36.7 Å². The molecule has 0 aliphatic rings. The molecule has 1 aromatic heterocycles. The first-order valence-corrected chi connectivity index (χ1v) is 6.75. The highest BCUT2D eigenvalue weighted by molar-refractivity contribution is 5.95. The minimum Gasteiger partial charge on any atom is -0.349 e. The predicted molar refractivity (Wildman–Crippen MR) is 81.1 cm³/mol. The molecule has 0 radical (unpaired) electrons. The summed E-state index contributed by atoms with van der Waals surface area (Å²) in [6, 6.07) is 5.06. The lowest BCUT2D eigenvalue weighted by Crippen LogP contribution is -2.40. The third-order valence-corrected chi connectivity index (χ3v) is 2.72. The van der Waals surface area contributed by atoms with Crippen molar-refractivity contribution >= 4 is 17.3 Å². The minimum absolute atomic E-state index is 0.280. The summed E-state index contributed by atoms with van der Waals surface area (Å²) in [4.78, 5) is 16.0. The molecule has 6 heteroatoms. The fourth-order valence-electron chi connectivity index (χ4n) is 1.81. The Bertz CT molecular complexity index is 676. The number of benzene rings is 1. The van der Waals surface area contributed by atoms with Gasteiger partial charge in [-0.15, -0.1) is 0 Å². The molecule has 2 rings (SSSR count). The number of anilines is 2. The highest BCUT2D eigenvalue weighted by atomic mass is 19.1. The summed E-state index contributed by atoms with van der Waals surface area (Å²) in [6.45, 7) is 5.57. The van der Waals surface area contributed by atoms with Gasteiger partial charge in [-0.3, -0.25) is 9.78 Å². The summed E-state index contributed by atoms with van der Waals surface area (Å²) < 4.78 is 27.2. The van der Waals surface area contributed by atoms with Crippen LogP contribution in [0, 0.1) is 11.6 Å². The number of aromatic nitrogens is 1. The SMILES string of the molecule is CC(C)(C)NC(=O)c1cncc(Nc2c(F)cccc2F)c1. The van der Waals surface area contributed by atoms with Crippen molar-refractivity contribution in [2.24, 2.45) is 0 Å². The molecule has 1 aromatic carbocycles. The molecule has 2 aromatic rings. The van der Waals surface area contributed by atoms with Gasteiger partial charge < -0.3 is 10.6 Å². The quantitative estimate of drug-likeness (QED) is 0.910. The maximum Gasteiger partial charge on any atom is 0.253 e. The van der Waals surface area contributed by atoms with Gasteiger partial charge in [0, 0.05) is 11.7 Å². The van der Waals surface area contributed by atoms with Gasteiger partial charge in [0.2, 0.25) is 0 Å². The van der Waals surface area contributed by atoms with Crippen LogP contribution in [-0.4, -0.2) is 16.4 Å². The molecule has 1 heterocycles. The molecule has 0 aliphatic heterocycles. The largest absolute Gasteiger partial charge is 0.349 e. The Kier molecular flexibility index (Phi) is 4.40. The average molecular weight is 305 g/mol. The first-order valence-electron chi connectivity index (χ1n) is 6.75. The van der Waals surface area contributed by atoms with Gasteiger partial charge in [0.25, 0.3) is 5.91 Å². The van der Waals surface area contributed by atoms with Crippen molar-refractivity contribution in [2.45, 2.75) is 26.3 Å². The Morgan fingerprint density at radius 2 is 1.77 bits per heavy atom. The van der Waals surface area contributed by atoms with E-state index in [1.165, 1.54) is 24.5 Å². The van der Waals surface area contributed by atoms with E-state index in [2.05, 4.69) is 15.6 Å². The van der Waals surface area contributed by atoms with Crippen LogP contribution >= 0.6 is 0 Å². The van der Waals surface area contributed by atoms with Gasteiger partial charge >= 0.3 is 0 Å². The lowest BCUT2D eigenvalue weighted by atomic mass is 10.1. The van der Waals surface area contributed by atoms with Gasteiger partial charge in [0.1, 0.15) is 17.3 Å². The van der Waals surface area contributed by atoms with E-state index in [-0.39, 0.29) is 11.6 Å². The fourth-order valence-corrected chi connectivity index (χ4v) is 1.81. The fraction of sp³-hybridized carbons (Fsp3) is 0.250. The van der Waals surface area contributed by atoms with E-state index in [9.17, 15) is 13.6 Å². The second-order valence-electron chi connectivity index (χ2n) is 5.89. The molecule has 4 nitrogen and oxygen atoms in total. The normalized spacial score (nSPS) is 11.1. The van der Waals surface area contributed by atoms with Crippen molar-refractivity contribution in [1.29, 1.82) is 0 Å². The van der Waals surface area contributed by atoms with Crippen molar-refractivity contribution in [1.82, 2.24) is 10.3 Å². The van der Waals surface area contributed by atoms with E-state index in [0.29, 0.717) is 11.3 Å². The molecule has 2 N–H and O–H groups in total. The predicted octanol–water partition coefficient (Wildman–Crippen LogP) is 3.63. The number of carbonyl (C=O) groups is 1. The van der Waals surface area contributed by atoms with Gasteiger partial charge in [0.15, 0.2) is 0 Å². The van der Waals surface area contributed by atoms with Crippen LogP contribution in [-0.2, 0) is 0 Å². The molecule has 0 atom stereocenters. The molecule has 0 spiro atoms. The van der Waals surface area contributed by atoms with Gasteiger partial charge in [0.05, 0.1) is 17.4 Å². The molecule has 0 unspecified atom stereocenters. The van der Waals surface area contributed by atoms with Crippen LogP contribution in [0.5, 0.6) is 0 Å². The standard InChI is InChI=1S/C16H17F2N3O/c1-16(2,3)21-15(22)10-7-11(9-19-8-10)20-14-12(17)5-4-6-13(14)18/h4-9,20H,1-3H3,(H,21,22). The van der Waals surface area contributed by atoms with Crippen molar-refractivity contribution < 1.29 is 13.6 Å². The average Bonchev–Trinajstić information content (AvgIpc) is 2.41. The van der Waals surface area contributed by atoms with Gasteiger partial charge in [-0.2, -0.15) is 0 Å². The smallest absolute Gasteiger partial charge is 0.253 e. The zero-order chi connectivity index (χ0) is 16.3. The molecular formula is C16H17F2N3O. The van der Waals surface area contributed by atoms with Crippen molar-refractivity contribution in [2.75, 3.05) is 5.32 Å². The first-order chi connectivity index (χ1) is 10.3. The number of nitrogens with one attached hydrogen (secondary N) is 2. The molecule has 0 saturated heterocycles. The van der Waals surface area contributed by atoms with Crippen LogP contribution in [0.1, 0.15) is 31.1 Å². The molecule has 0 fully saturated rings. The third-order valence-electron chi connectivity index (χ3n) is 2.72. The third kappa shape index (κ3) is 4.00. The summed E-state index contributed by atoms with van der Waals surface area (Å²) in [7, 11) is 0. The number of halogens is 2. The Labute approximate surface area is 127 Å². The molecule has 0 aliphatic carbocycles.